The van der Waals surface area contributed by atoms with Gasteiger partial charge in [-0.15, -0.1) is 0 Å². The first kappa shape index (κ1) is 12.1. The van der Waals surface area contributed by atoms with E-state index in [1.54, 1.807) is 0 Å². The van der Waals surface area contributed by atoms with E-state index >= 15 is 0 Å². The zero-order valence-electron chi connectivity index (χ0n) is 10.6. The third-order valence-electron chi connectivity index (χ3n) is 3.22. The van der Waals surface area contributed by atoms with E-state index in [1.165, 1.54) is 5.56 Å². The predicted octanol–water partition coefficient (Wildman–Crippen LogP) is 1.74. The van der Waals surface area contributed by atoms with Gasteiger partial charge in [-0.2, -0.15) is 0 Å². The van der Waals surface area contributed by atoms with E-state index in [2.05, 4.69) is 31.1 Å². The lowest BCUT2D eigenvalue weighted by Crippen LogP contribution is -2.39. The van der Waals surface area contributed by atoms with Gasteiger partial charge in [0.25, 0.3) is 0 Å². The molecule has 92 valence electrons. The van der Waals surface area contributed by atoms with Crippen LogP contribution in [0.2, 0.25) is 0 Å². The number of amides is 1. The molecule has 0 aliphatic carbocycles. The molecular formula is C14H20N2O. The van der Waals surface area contributed by atoms with Crippen molar-refractivity contribution in [3.8, 4) is 0 Å². The molecule has 1 aliphatic heterocycles. The Kier molecular flexibility index (Phi) is 3.79. The molecule has 1 aromatic rings. The molecule has 3 nitrogen and oxygen atoms in total. The third-order valence-corrected chi connectivity index (χ3v) is 3.22. The summed E-state index contributed by atoms with van der Waals surface area (Å²) in [6.07, 6.45) is 1.69. The Morgan fingerprint density at radius 2 is 2.00 bits per heavy atom. The fraction of sp³-hybridized carbons (Fsp3) is 0.500. The van der Waals surface area contributed by atoms with E-state index in [0.29, 0.717) is 18.4 Å². The summed E-state index contributed by atoms with van der Waals surface area (Å²) < 4.78 is 0. The minimum atomic E-state index is 0.292. The Bertz CT molecular complexity index is 375. The van der Waals surface area contributed by atoms with Crippen LogP contribution in [0.5, 0.6) is 0 Å². The number of carbonyl (C=O) groups excluding carboxylic acids is 1. The highest BCUT2D eigenvalue weighted by Crippen LogP contribution is 2.21. The molecule has 2 rings (SSSR count). The van der Waals surface area contributed by atoms with E-state index in [9.17, 15) is 4.79 Å². The van der Waals surface area contributed by atoms with Gasteiger partial charge in [-0.05, 0) is 26.1 Å². The zero-order valence-corrected chi connectivity index (χ0v) is 10.6. The van der Waals surface area contributed by atoms with Crippen LogP contribution in [-0.4, -0.2) is 42.4 Å². The van der Waals surface area contributed by atoms with Crippen LogP contribution in [0.25, 0.3) is 0 Å². The highest BCUT2D eigenvalue weighted by atomic mass is 16.2. The lowest BCUT2D eigenvalue weighted by Gasteiger charge is -2.27. The summed E-state index contributed by atoms with van der Waals surface area (Å²) in [7, 11) is 4.12. The van der Waals surface area contributed by atoms with Gasteiger partial charge in [-0.1, -0.05) is 30.3 Å². The van der Waals surface area contributed by atoms with Crippen molar-refractivity contribution in [2.45, 2.75) is 25.4 Å². The minimum absolute atomic E-state index is 0.292. The van der Waals surface area contributed by atoms with E-state index < -0.39 is 0 Å². The van der Waals surface area contributed by atoms with Crippen LogP contribution in [0.15, 0.2) is 30.3 Å². The Hall–Kier alpha value is -1.35. The van der Waals surface area contributed by atoms with Crippen molar-refractivity contribution in [2.24, 2.45) is 0 Å². The number of benzene rings is 1. The molecule has 0 radical (unpaired) electrons. The van der Waals surface area contributed by atoms with Gasteiger partial charge in [0, 0.05) is 25.6 Å². The Morgan fingerprint density at radius 1 is 1.29 bits per heavy atom. The summed E-state index contributed by atoms with van der Waals surface area (Å²) >= 11 is 0. The van der Waals surface area contributed by atoms with Gasteiger partial charge in [0.05, 0.1) is 0 Å². The zero-order chi connectivity index (χ0) is 12.3. The monoisotopic (exact) mass is 232 g/mol. The molecule has 17 heavy (non-hydrogen) atoms. The number of hydrogen-bond donors (Lipinski definition) is 0. The highest BCUT2D eigenvalue weighted by molar-refractivity contribution is 5.78. The number of hydrogen-bond acceptors (Lipinski definition) is 2. The van der Waals surface area contributed by atoms with Gasteiger partial charge in [0.15, 0.2) is 0 Å². The lowest BCUT2D eigenvalue weighted by atomic mass is 10.2. The van der Waals surface area contributed by atoms with Gasteiger partial charge >= 0.3 is 0 Å². The fourth-order valence-corrected chi connectivity index (χ4v) is 2.40. The van der Waals surface area contributed by atoms with Gasteiger partial charge in [0.2, 0.25) is 5.91 Å². The maximum atomic E-state index is 11.9. The molecule has 1 heterocycles. The summed E-state index contributed by atoms with van der Waals surface area (Å²) in [5.74, 6) is 0.292. The van der Waals surface area contributed by atoms with Crippen molar-refractivity contribution < 1.29 is 4.79 Å². The van der Waals surface area contributed by atoms with Crippen LogP contribution in [-0.2, 0) is 11.3 Å². The maximum absolute atomic E-state index is 11.9. The molecule has 0 spiro atoms. The van der Waals surface area contributed by atoms with Gasteiger partial charge < -0.3 is 9.80 Å². The normalized spacial score (nSPS) is 20.3. The fourth-order valence-electron chi connectivity index (χ4n) is 2.40. The molecule has 0 aromatic heterocycles. The molecule has 1 aromatic carbocycles. The summed E-state index contributed by atoms with van der Waals surface area (Å²) in [5, 5.41) is 0. The van der Waals surface area contributed by atoms with Crippen molar-refractivity contribution in [1.29, 1.82) is 0 Å². The van der Waals surface area contributed by atoms with Gasteiger partial charge in [-0.25, -0.2) is 0 Å². The van der Waals surface area contributed by atoms with Crippen LogP contribution >= 0.6 is 0 Å². The number of carbonyl (C=O) groups is 1. The number of likely N-dealkylation sites (N-methyl/N-ethyl adjacent to an activating group) is 1. The Morgan fingerprint density at radius 3 is 2.65 bits per heavy atom. The first-order valence-electron chi connectivity index (χ1n) is 6.15. The first-order valence-corrected chi connectivity index (χ1v) is 6.15. The molecule has 1 saturated heterocycles. The Balaban J connectivity index is 2.04. The second kappa shape index (κ2) is 5.32. The van der Waals surface area contributed by atoms with Crippen LogP contribution in [0.1, 0.15) is 18.4 Å². The van der Waals surface area contributed by atoms with Crippen molar-refractivity contribution in [1.82, 2.24) is 9.80 Å². The van der Waals surface area contributed by atoms with Gasteiger partial charge in [0.1, 0.15) is 0 Å². The average Bonchev–Trinajstić information content (AvgIpc) is 2.62. The number of rotatable bonds is 4. The molecular weight excluding hydrogens is 212 g/mol. The molecule has 1 amide bonds. The minimum Gasteiger partial charge on any atom is -0.334 e. The Labute approximate surface area is 103 Å². The average molecular weight is 232 g/mol. The molecule has 1 atom stereocenters. The number of likely N-dealkylation sites (tertiary alicyclic amines) is 1. The molecule has 1 unspecified atom stereocenters. The topological polar surface area (TPSA) is 23.6 Å². The quantitative estimate of drug-likeness (QED) is 0.789. The molecule has 1 fully saturated rings. The standard InChI is InChI=1S/C14H20N2O/c1-15(2)11-13-8-9-14(17)16(13)10-12-6-4-3-5-7-12/h3-7,13H,8-11H2,1-2H3. The van der Waals surface area contributed by atoms with Crippen LogP contribution < -0.4 is 0 Å². The number of nitrogens with zero attached hydrogens (tertiary/aromatic N) is 2. The van der Waals surface area contributed by atoms with Crippen molar-refractivity contribution in [3.05, 3.63) is 35.9 Å². The predicted molar refractivity (Wildman–Crippen MR) is 68.6 cm³/mol. The smallest absolute Gasteiger partial charge is 0.223 e. The maximum Gasteiger partial charge on any atom is 0.223 e. The van der Waals surface area contributed by atoms with E-state index in [1.807, 2.05) is 23.1 Å². The summed E-state index contributed by atoms with van der Waals surface area (Å²) in [6, 6.07) is 10.6. The van der Waals surface area contributed by atoms with Crippen LogP contribution in [0, 0.1) is 0 Å². The largest absolute Gasteiger partial charge is 0.334 e. The highest BCUT2D eigenvalue weighted by Gasteiger charge is 2.30. The van der Waals surface area contributed by atoms with Crippen molar-refractivity contribution in [3.63, 3.8) is 0 Å². The van der Waals surface area contributed by atoms with E-state index in [0.717, 1.165) is 19.5 Å². The second-order valence-electron chi connectivity index (χ2n) is 4.96. The third kappa shape index (κ3) is 3.07. The van der Waals surface area contributed by atoms with Crippen molar-refractivity contribution in [2.75, 3.05) is 20.6 Å². The van der Waals surface area contributed by atoms with Crippen molar-refractivity contribution >= 4 is 5.91 Å². The van der Waals surface area contributed by atoms with E-state index in [4.69, 9.17) is 0 Å². The second-order valence-corrected chi connectivity index (χ2v) is 4.96. The lowest BCUT2D eigenvalue weighted by molar-refractivity contribution is -0.129. The molecule has 1 aliphatic rings. The summed E-state index contributed by atoms with van der Waals surface area (Å²) in [5.41, 5.74) is 1.21. The van der Waals surface area contributed by atoms with Crippen LogP contribution in [0.3, 0.4) is 0 Å². The molecule has 0 bridgehead atoms. The van der Waals surface area contributed by atoms with E-state index in [-0.39, 0.29) is 0 Å². The first-order chi connectivity index (χ1) is 8.16. The molecule has 0 N–H and O–H groups in total. The van der Waals surface area contributed by atoms with Crippen LogP contribution in [0.4, 0.5) is 0 Å². The SMILES string of the molecule is CN(C)CC1CCC(=O)N1Cc1ccccc1. The molecule has 0 saturated carbocycles. The summed E-state index contributed by atoms with van der Waals surface area (Å²) in [6.45, 7) is 1.71. The molecule has 3 heteroatoms. The van der Waals surface area contributed by atoms with Gasteiger partial charge in [-0.3, -0.25) is 4.79 Å². The summed E-state index contributed by atoms with van der Waals surface area (Å²) in [4.78, 5) is 16.1.